The minimum Gasteiger partial charge on any atom is -0.479 e. The van der Waals surface area contributed by atoms with Gasteiger partial charge in [-0.2, -0.15) is 0 Å². The molecule has 43 heavy (non-hydrogen) atoms. The molecule has 1 saturated heterocycles. The summed E-state index contributed by atoms with van der Waals surface area (Å²) in [5.41, 5.74) is 0.797. The van der Waals surface area contributed by atoms with Gasteiger partial charge in [0.2, 0.25) is 6.79 Å². The minimum absolute atomic E-state index is 0.0588. The van der Waals surface area contributed by atoms with Crippen LogP contribution in [0, 0.1) is 5.92 Å². The van der Waals surface area contributed by atoms with E-state index in [4.69, 9.17) is 9.47 Å². The van der Waals surface area contributed by atoms with Crippen LogP contribution in [-0.2, 0) is 10.2 Å². The van der Waals surface area contributed by atoms with Crippen LogP contribution in [-0.4, -0.2) is 40.0 Å². The molecule has 0 aliphatic carbocycles. The van der Waals surface area contributed by atoms with Crippen LogP contribution in [0.5, 0.6) is 11.5 Å². The summed E-state index contributed by atoms with van der Waals surface area (Å²) in [5.74, 6) is -2.59. The van der Waals surface area contributed by atoms with E-state index in [9.17, 15) is 19.5 Å². The first kappa shape index (κ1) is 28.7. The number of rotatable bonds is 6. The molecule has 1 aromatic heterocycles. The maximum absolute atomic E-state index is 14.6. The summed E-state index contributed by atoms with van der Waals surface area (Å²) in [6, 6.07) is 24.4. The standard InChI is InChI=1S/C35H33NO6S/c1-34(2,3)24-15-12-21(13-16-24)29-28(31(37)27-11-8-18-43-27)30(23-14-17-25-26(19-23)42-20-41-25)36(35(29,4)33(39)40)32(38)22-9-6-5-7-10-22/h5-19,28-30H,20H2,1-4H3,(H,39,40). The number of hydrogen-bond acceptors (Lipinski definition) is 6. The molecular formula is C35H33NO6S. The third-order valence-corrected chi connectivity index (χ3v) is 9.58. The third kappa shape index (κ3) is 4.79. The molecular weight excluding hydrogens is 562 g/mol. The third-order valence-electron chi connectivity index (χ3n) is 8.70. The Bertz CT molecular complexity index is 1680. The van der Waals surface area contributed by atoms with Gasteiger partial charge in [0.25, 0.3) is 5.91 Å². The molecule has 4 unspecified atom stereocenters. The lowest BCUT2D eigenvalue weighted by atomic mass is 9.72. The van der Waals surface area contributed by atoms with E-state index < -0.39 is 35.3 Å². The van der Waals surface area contributed by atoms with Gasteiger partial charge in [0.05, 0.1) is 16.8 Å². The highest BCUT2D eigenvalue weighted by Crippen LogP contribution is 2.58. The molecule has 0 radical (unpaired) electrons. The van der Waals surface area contributed by atoms with E-state index in [1.165, 1.54) is 16.2 Å². The van der Waals surface area contributed by atoms with E-state index in [2.05, 4.69) is 20.8 Å². The zero-order valence-electron chi connectivity index (χ0n) is 24.4. The summed E-state index contributed by atoms with van der Waals surface area (Å²) in [5, 5.41) is 12.9. The Kier molecular flexibility index (Phi) is 7.13. The number of carboxylic acids is 1. The number of hydrogen-bond donors (Lipinski definition) is 1. The lowest BCUT2D eigenvalue weighted by Gasteiger charge is -2.38. The molecule has 1 amide bonds. The number of amides is 1. The SMILES string of the molecule is CC(C)(C)c1ccc(C2C(C(=O)c3cccs3)C(c3ccc4c(c3)OCO4)N(C(=O)c3ccccc3)C2(C)C(=O)O)cc1. The highest BCUT2D eigenvalue weighted by Gasteiger charge is 2.65. The quantitative estimate of drug-likeness (QED) is 0.239. The van der Waals surface area contributed by atoms with Crippen molar-refractivity contribution in [3.05, 3.63) is 117 Å². The predicted octanol–water partition coefficient (Wildman–Crippen LogP) is 7.10. The van der Waals surface area contributed by atoms with Crippen LogP contribution < -0.4 is 9.47 Å². The van der Waals surface area contributed by atoms with Gasteiger partial charge in [0.15, 0.2) is 17.3 Å². The second kappa shape index (κ2) is 10.7. The molecule has 0 spiro atoms. The Morgan fingerprint density at radius 3 is 2.19 bits per heavy atom. The van der Waals surface area contributed by atoms with Crippen LogP contribution in [0.4, 0.5) is 0 Å². The summed E-state index contributed by atoms with van der Waals surface area (Å²) in [7, 11) is 0. The van der Waals surface area contributed by atoms with E-state index in [1.54, 1.807) is 67.6 Å². The number of thiophene rings is 1. The molecule has 220 valence electrons. The summed E-state index contributed by atoms with van der Waals surface area (Å²) in [6.45, 7) is 7.96. The number of carbonyl (C=O) groups is 3. The molecule has 3 aromatic carbocycles. The lowest BCUT2D eigenvalue weighted by Crippen LogP contribution is -2.54. The zero-order chi connectivity index (χ0) is 30.5. The topological polar surface area (TPSA) is 93.1 Å². The van der Waals surface area contributed by atoms with E-state index in [1.807, 2.05) is 29.6 Å². The summed E-state index contributed by atoms with van der Waals surface area (Å²) < 4.78 is 11.2. The molecule has 2 aliphatic rings. The normalized spacial score (nSPS) is 22.9. The van der Waals surface area contributed by atoms with Crippen LogP contribution in [0.3, 0.4) is 0 Å². The first-order chi connectivity index (χ1) is 20.5. The molecule has 2 aliphatic heterocycles. The van der Waals surface area contributed by atoms with Crippen molar-refractivity contribution in [2.75, 3.05) is 6.79 Å². The average molecular weight is 596 g/mol. The van der Waals surface area contributed by atoms with E-state index in [0.717, 1.165) is 5.56 Å². The number of Topliss-reactive ketones (excluding diaryl/α,β-unsaturated/α-hetero) is 1. The molecule has 0 saturated carbocycles. The predicted molar refractivity (Wildman–Crippen MR) is 164 cm³/mol. The first-order valence-electron chi connectivity index (χ1n) is 14.2. The number of nitrogens with zero attached hydrogens (tertiary/aromatic N) is 1. The molecule has 8 heteroatoms. The van der Waals surface area contributed by atoms with Crippen molar-refractivity contribution in [2.45, 2.75) is 50.6 Å². The number of aliphatic carboxylic acids is 1. The van der Waals surface area contributed by atoms with Gasteiger partial charge in [0.1, 0.15) is 5.54 Å². The Balaban J connectivity index is 1.63. The Morgan fingerprint density at radius 2 is 1.56 bits per heavy atom. The van der Waals surface area contributed by atoms with Crippen LogP contribution in [0.2, 0.25) is 0 Å². The number of fused-ring (bicyclic) bond motifs is 1. The fraction of sp³-hybridized carbons (Fsp3) is 0.286. The van der Waals surface area contributed by atoms with Crippen molar-refractivity contribution in [3.63, 3.8) is 0 Å². The molecule has 4 atom stereocenters. The van der Waals surface area contributed by atoms with Crippen LogP contribution in [0.1, 0.15) is 76.4 Å². The fourth-order valence-corrected chi connectivity index (χ4v) is 7.19. The molecule has 1 N–H and O–H groups in total. The molecule has 3 heterocycles. The van der Waals surface area contributed by atoms with Crippen molar-refractivity contribution in [3.8, 4) is 11.5 Å². The van der Waals surface area contributed by atoms with Crippen molar-refractivity contribution in [1.82, 2.24) is 4.90 Å². The van der Waals surface area contributed by atoms with Gasteiger partial charge in [0, 0.05) is 11.5 Å². The van der Waals surface area contributed by atoms with Crippen molar-refractivity contribution in [2.24, 2.45) is 5.92 Å². The summed E-state index contributed by atoms with van der Waals surface area (Å²) in [4.78, 5) is 44.6. The number of likely N-dealkylation sites (tertiary alicyclic amines) is 1. The van der Waals surface area contributed by atoms with Gasteiger partial charge < -0.3 is 19.5 Å². The smallest absolute Gasteiger partial charge is 0.330 e. The monoisotopic (exact) mass is 595 g/mol. The van der Waals surface area contributed by atoms with Gasteiger partial charge in [-0.1, -0.05) is 75.4 Å². The fourth-order valence-electron chi connectivity index (χ4n) is 6.48. The second-order valence-corrected chi connectivity index (χ2v) is 13.2. The molecule has 4 aromatic rings. The van der Waals surface area contributed by atoms with Gasteiger partial charge in [-0.05, 0) is 64.7 Å². The van der Waals surface area contributed by atoms with Crippen molar-refractivity contribution >= 4 is 29.0 Å². The highest BCUT2D eigenvalue weighted by atomic mass is 32.1. The minimum atomic E-state index is -1.78. The van der Waals surface area contributed by atoms with Gasteiger partial charge in [-0.25, -0.2) is 4.79 Å². The Morgan fingerprint density at radius 1 is 0.884 bits per heavy atom. The van der Waals surface area contributed by atoms with Crippen LogP contribution in [0.25, 0.3) is 0 Å². The molecule has 6 rings (SSSR count). The lowest BCUT2D eigenvalue weighted by molar-refractivity contribution is -0.148. The first-order valence-corrected chi connectivity index (χ1v) is 15.1. The number of ether oxygens (including phenoxy) is 2. The van der Waals surface area contributed by atoms with Crippen molar-refractivity contribution < 1.29 is 29.0 Å². The summed E-state index contributed by atoms with van der Waals surface area (Å²) in [6.07, 6.45) is 0. The number of carbonyl (C=O) groups excluding carboxylic acids is 2. The average Bonchev–Trinajstić information content (AvgIpc) is 3.75. The highest BCUT2D eigenvalue weighted by molar-refractivity contribution is 7.12. The number of ketones is 1. The van der Waals surface area contributed by atoms with Gasteiger partial charge in [-0.15, -0.1) is 11.3 Å². The van der Waals surface area contributed by atoms with Crippen LogP contribution >= 0.6 is 11.3 Å². The molecule has 7 nitrogen and oxygen atoms in total. The summed E-state index contributed by atoms with van der Waals surface area (Å²) >= 11 is 1.31. The number of benzene rings is 3. The maximum atomic E-state index is 14.6. The van der Waals surface area contributed by atoms with Gasteiger partial charge >= 0.3 is 5.97 Å². The largest absolute Gasteiger partial charge is 0.479 e. The van der Waals surface area contributed by atoms with E-state index >= 15 is 0 Å². The van der Waals surface area contributed by atoms with Crippen molar-refractivity contribution in [1.29, 1.82) is 0 Å². The zero-order valence-corrected chi connectivity index (χ0v) is 25.3. The Labute approximate surface area is 254 Å². The van der Waals surface area contributed by atoms with Crippen LogP contribution in [0.15, 0.2) is 90.3 Å². The Hall–Kier alpha value is -4.43. The number of carboxylic acid groups (broad SMARTS) is 1. The molecule has 0 bridgehead atoms. The van der Waals surface area contributed by atoms with Gasteiger partial charge in [-0.3, -0.25) is 9.59 Å². The molecule has 1 fully saturated rings. The second-order valence-electron chi connectivity index (χ2n) is 12.3. The van der Waals surface area contributed by atoms with E-state index in [0.29, 0.717) is 33.1 Å². The van der Waals surface area contributed by atoms with E-state index in [-0.39, 0.29) is 18.0 Å². The maximum Gasteiger partial charge on any atom is 0.330 e.